The van der Waals surface area contributed by atoms with E-state index >= 15 is 0 Å². The first kappa shape index (κ1) is 20.5. The zero-order valence-electron chi connectivity index (χ0n) is 17.2. The average Bonchev–Trinajstić information content (AvgIpc) is 3.05. The van der Waals surface area contributed by atoms with E-state index in [-0.39, 0.29) is 16.6 Å². The molecule has 0 aliphatic carbocycles. The predicted molar refractivity (Wildman–Crippen MR) is 118 cm³/mol. The van der Waals surface area contributed by atoms with E-state index in [1.807, 2.05) is 6.07 Å². The molecule has 0 radical (unpaired) electrons. The number of hydrogen-bond acceptors (Lipinski definition) is 8. The first-order chi connectivity index (χ1) is 15.1. The Balaban J connectivity index is 1.53. The van der Waals surface area contributed by atoms with Crippen LogP contribution in [0.2, 0.25) is 0 Å². The molecule has 1 fully saturated rings. The van der Waals surface area contributed by atoms with Crippen LogP contribution in [0.4, 0.5) is 17.2 Å². The van der Waals surface area contributed by atoms with Gasteiger partial charge in [0.05, 0.1) is 28.2 Å². The number of nitro groups is 1. The van der Waals surface area contributed by atoms with Gasteiger partial charge < -0.3 is 14.5 Å². The third-order valence-corrected chi connectivity index (χ3v) is 5.34. The molecule has 0 saturated carbocycles. The van der Waals surface area contributed by atoms with Crippen molar-refractivity contribution in [2.45, 2.75) is 13.3 Å². The van der Waals surface area contributed by atoms with Gasteiger partial charge in [0.1, 0.15) is 11.3 Å². The van der Waals surface area contributed by atoms with Crippen LogP contribution in [-0.4, -0.2) is 53.6 Å². The number of rotatable bonds is 5. The van der Waals surface area contributed by atoms with Gasteiger partial charge in [0.15, 0.2) is 0 Å². The second-order valence-electron chi connectivity index (χ2n) is 7.21. The number of benzene rings is 1. The molecule has 1 saturated heterocycles. The van der Waals surface area contributed by atoms with Crippen molar-refractivity contribution in [2.75, 3.05) is 42.6 Å². The topological polar surface area (TPSA) is 102 Å². The van der Waals surface area contributed by atoms with Gasteiger partial charge in [0, 0.05) is 44.6 Å². The molecule has 0 atom stereocenters. The van der Waals surface area contributed by atoms with Crippen LogP contribution in [0.5, 0.6) is 0 Å². The van der Waals surface area contributed by atoms with E-state index in [9.17, 15) is 14.9 Å². The number of anilines is 2. The van der Waals surface area contributed by atoms with Crippen LogP contribution in [0.25, 0.3) is 10.9 Å². The number of esters is 1. The summed E-state index contributed by atoms with van der Waals surface area (Å²) in [6.07, 6.45) is 4.10. The number of aromatic nitrogens is 2. The zero-order chi connectivity index (χ0) is 21.8. The molecule has 3 aromatic rings. The van der Waals surface area contributed by atoms with E-state index in [1.165, 1.54) is 0 Å². The highest BCUT2D eigenvalue weighted by Crippen LogP contribution is 2.32. The van der Waals surface area contributed by atoms with E-state index in [0.717, 1.165) is 44.1 Å². The van der Waals surface area contributed by atoms with Gasteiger partial charge in [-0.05, 0) is 43.7 Å². The summed E-state index contributed by atoms with van der Waals surface area (Å²) in [6.45, 7) is 5.18. The van der Waals surface area contributed by atoms with Gasteiger partial charge in [0.25, 0.3) is 5.69 Å². The standard InChI is InChI=1S/C22H23N5O4/c1-2-31-22(28)16-6-9-20(24-15-16)26-12-4-11-25(13-14-26)19-8-7-18(27(29)30)17-5-3-10-23-21(17)19/h3,5-10,15H,2,4,11-14H2,1H3. The number of non-ortho nitro benzene ring substituents is 1. The molecule has 0 N–H and O–H groups in total. The second kappa shape index (κ2) is 8.95. The quantitative estimate of drug-likeness (QED) is 0.351. The Morgan fingerprint density at radius 3 is 2.65 bits per heavy atom. The zero-order valence-corrected chi connectivity index (χ0v) is 17.2. The molecule has 1 aromatic carbocycles. The van der Waals surface area contributed by atoms with E-state index in [4.69, 9.17) is 4.74 Å². The summed E-state index contributed by atoms with van der Waals surface area (Å²) in [6, 6.07) is 10.4. The Morgan fingerprint density at radius 1 is 1.10 bits per heavy atom. The molecular weight excluding hydrogens is 398 g/mol. The molecule has 2 aromatic heterocycles. The van der Waals surface area contributed by atoms with Crippen LogP contribution in [0.15, 0.2) is 48.8 Å². The van der Waals surface area contributed by atoms with Crippen molar-refractivity contribution in [3.05, 3.63) is 64.5 Å². The van der Waals surface area contributed by atoms with Crippen LogP contribution >= 0.6 is 0 Å². The highest BCUT2D eigenvalue weighted by atomic mass is 16.6. The highest BCUT2D eigenvalue weighted by Gasteiger charge is 2.21. The van der Waals surface area contributed by atoms with Crippen molar-refractivity contribution >= 4 is 34.1 Å². The van der Waals surface area contributed by atoms with E-state index in [2.05, 4.69) is 19.8 Å². The summed E-state index contributed by atoms with van der Waals surface area (Å²) in [7, 11) is 0. The third-order valence-electron chi connectivity index (χ3n) is 5.34. The largest absolute Gasteiger partial charge is 0.462 e. The van der Waals surface area contributed by atoms with Gasteiger partial charge in [-0.1, -0.05) is 0 Å². The monoisotopic (exact) mass is 421 g/mol. The first-order valence-electron chi connectivity index (χ1n) is 10.2. The predicted octanol–water partition coefficient (Wildman–Crippen LogP) is 3.43. The lowest BCUT2D eigenvalue weighted by molar-refractivity contribution is -0.383. The fourth-order valence-corrected chi connectivity index (χ4v) is 3.85. The fourth-order valence-electron chi connectivity index (χ4n) is 3.85. The smallest absolute Gasteiger partial charge is 0.339 e. The Bertz CT molecular complexity index is 1100. The van der Waals surface area contributed by atoms with Gasteiger partial charge in [-0.15, -0.1) is 0 Å². The minimum Gasteiger partial charge on any atom is -0.462 e. The minimum absolute atomic E-state index is 0.0641. The van der Waals surface area contributed by atoms with Crippen molar-refractivity contribution in [1.82, 2.24) is 9.97 Å². The highest BCUT2D eigenvalue weighted by molar-refractivity contribution is 5.97. The number of ether oxygens (including phenoxy) is 1. The summed E-state index contributed by atoms with van der Waals surface area (Å²) in [5, 5.41) is 11.9. The number of nitro benzene ring substituents is 1. The lowest BCUT2D eigenvalue weighted by Gasteiger charge is -2.25. The summed E-state index contributed by atoms with van der Waals surface area (Å²) >= 11 is 0. The SMILES string of the molecule is CCOC(=O)c1ccc(N2CCCN(c3ccc([N+](=O)[O-])c4cccnc34)CC2)nc1. The molecule has 1 aliphatic heterocycles. The van der Waals surface area contributed by atoms with Crippen molar-refractivity contribution in [2.24, 2.45) is 0 Å². The molecule has 3 heterocycles. The molecule has 0 bridgehead atoms. The number of carbonyl (C=O) groups excluding carboxylic acids is 1. The summed E-state index contributed by atoms with van der Waals surface area (Å²) in [4.78, 5) is 36.1. The maximum atomic E-state index is 11.8. The Kier molecular flexibility index (Phi) is 5.92. The summed E-state index contributed by atoms with van der Waals surface area (Å²) in [5.41, 5.74) is 2.04. The van der Waals surface area contributed by atoms with Gasteiger partial charge in [-0.3, -0.25) is 15.1 Å². The molecule has 1 aliphatic rings. The molecule has 160 valence electrons. The van der Waals surface area contributed by atoms with Crippen molar-refractivity contribution in [1.29, 1.82) is 0 Å². The molecular formula is C22H23N5O4. The minimum atomic E-state index is -0.374. The van der Waals surface area contributed by atoms with Gasteiger partial charge in [-0.25, -0.2) is 9.78 Å². The van der Waals surface area contributed by atoms with Crippen LogP contribution in [0.3, 0.4) is 0 Å². The summed E-state index contributed by atoms with van der Waals surface area (Å²) in [5.74, 6) is 0.433. The molecule has 0 unspecified atom stereocenters. The van der Waals surface area contributed by atoms with E-state index in [0.29, 0.717) is 23.1 Å². The molecule has 9 heteroatoms. The number of nitrogens with zero attached hydrogens (tertiary/aromatic N) is 5. The Morgan fingerprint density at radius 2 is 1.90 bits per heavy atom. The van der Waals surface area contributed by atoms with Crippen molar-refractivity contribution in [3.63, 3.8) is 0 Å². The van der Waals surface area contributed by atoms with Gasteiger partial charge in [-0.2, -0.15) is 0 Å². The number of fused-ring (bicyclic) bond motifs is 1. The van der Waals surface area contributed by atoms with E-state index < -0.39 is 0 Å². The molecule has 4 rings (SSSR count). The maximum Gasteiger partial charge on any atom is 0.339 e. The summed E-state index contributed by atoms with van der Waals surface area (Å²) < 4.78 is 5.01. The van der Waals surface area contributed by atoms with Gasteiger partial charge in [0.2, 0.25) is 0 Å². The van der Waals surface area contributed by atoms with Crippen LogP contribution in [0, 0.1) is 10.1 Å². The Labute approximate surface area is 179 Å². The number of pyridine rings is 2. The van der Waals surface area contributed by atoms with Crippen LogP contribution < -0.4 is 9.80 Å². The van der Waals surface area contributed by atoms with Crippen molar-refractivity contribution in [3.8, 4) is 0 Å². The molecule has 9 nitrogen and oxygen atoms in total. The maximum absolute atomic E-state index is 11.8. The fraction of sp³-hybridized carbons (Fsp3) is 0.318. The van der Waals surface area contributed by atoms with Gasteiger partial charge >= 0.3 is 5.97 Å². The second-order valence-corrected chi connectivity index (χ2v) is 7.21. The first-order valence-corrected chi connectivity index (χ1v) is 10.2. The van der Waals surface area contributed by atoms with E-state index in [1.54, 1.807) is 49.6 Å². The lowest BCUT2D eigenvalue weighted by atomic mass is 10.1. The lowest BCUT2D eigenvalue weighted by Crippen LogP contribution is -2.31. The molecule has 0 amide bonds. The molecule has 31 heavy (non-hydrogen) atoms. The normalized spacial score (nSPS) is 14.4. The number of carbonyl (C=O) groups is 1. The average molecular weight is 421 g/mol. The molecule has 0 spiro atoms. The van der Waals surface area contributed by atoms with Crippen molar-refractivity contribution < 1.29 is 14.5 Å². The number of hydrogen-bond donors (Lipinski definition) is 0. The van der Waals surface area contributed by atoms with Crippen LogP contribution in [-0.2, 0) is 4.74 Å². The van der Waals surface area contributed by atoms with Crippen LogP contribution in [0.1, 0.15) is 23.7 Å². The third kappa shape index (κ3) is 4.25. The Hall–Kier alpha value is -3.75.